The normalized spacial score (nSPS) is 16.4. The molecular weight excluding hydrogens is 429 g/mol. The Balaban J connectivity index is 1.61. The van der Waals surface area contributed by atoms with Crippen molar-refractivity contribution < 1.29 is 40.3 Å². The lowest BCUT2D eigenvalue weighted by molar-refractivity contribution is -0.274. The van der Waals surface area contributed by atoms with Crippen LogP contribution >= 0.6 is 0 Å². The van der Waals surface area contributed by atoms with Gasteiger partial charge < -0.3 is 13.9 Å². The van der Waals surface area contributed by atoms with Crippen LogP contribution in [0.15, 0.2) is 45.9 Å². The number of sulfonamides is 1. The lowest BCUT2D eigenvalue weighted by Crippen LogP contribution is -2.48. The Morgan fingerprint density at radius 1 is 1.10 bits per heavy atom. The smallest absolute Gasteiger partial charge is 0.463 e. The molecule has 0 N–H and O–H groups in total. The van der Waals surface area contributed by atoms with Gasteiger partial charge in [0.05, 0.1) is 18.3 Å². The number of esters is 1. The molecular formula is C18H19F3N2O6S. The summed E-state index contributed by atoms with van der Waals surface area (Å²) in [7, 11) is -2.61. The Labute approximate surface area is 170 Å². The van der Waals surface area contributed by atoms with Crippen molar-refractivity contribution in [3.8, 4) is 5.75 Å². The van der Waals surface area contributed by atoms with E-state index in [1.165, 1.54) is 17.7 Å². The van der Waals surface area contributed by atoms with Crippen LogP contribution < -0.4 is 4.74 Å². The molecule has 0 unspecified atom stereocenters. The second-order valence-corrected chi connectivity index (χ2v) is 8.40. The van der Waals surface area contributed by atoms with E-state index in [2.05, 4.69) is 9.47 Å². The van der Waals surface area contributed by atoms with Gasteiger partial charge in [-0.25, -0.2) is 13.2 Å². The molecule has 1 aliphatic heterocycles. The number of piperazine rings is 1. The fourth-order valence-corrected chi connectivity index (χ4v) is 4.49. The lowest BCUT2D eigenvalue weighted by Gasteiger charge is -2.33. The first kappa shape index (κ1) is 22.1. The van der Waals surface area contributed by atoms with E-state index in [4.69, 9.17) is 4.42 Å². The summed E-state index contributed by atoms with van der Waals surface area (Å²) in [5.74, 6) is -0.976. The van der Waals surface area contributed by atoms with Crippen LogP contribution in [0.25, 0.3) is 0 Å². The molecule has 1 aliphatic rings. The molecule has 2 aromatic rings. The standard InChI is InChI=1S/C18H19F3N2O6S/c1-27-17(24)16-13(6-11-28-16)12-22-7-9-23(10-8-22)30(25,26)15-4-2-14(3-5-15)29-18(19,20)21/h2-6,11H,7-10,12H2,1H3. The van der Waals surface area contributed by atoms with E-state index in [9.17, 15) is 26.4 Å². The van der Waals surface area contributed by atoms with Crippen molar-refractivity contribution in [3.63, 3.8) is 0 Å². The number of nitrogens with zero attached hydrogens (tertiary/aromatic N) is 2. The summed E-state index contributed by atoms with van der Waals surface area (Å²) < 4.78 is 77.1. The molecule has 0 amide bonds. The number of ether oxygens (including phenoxy) is 2. The van der Waals surface area contributed by atoms with Crippen LogP contribution in [-0.2, 0) is 21.3 Å². The first-order valence-corrected chi connectivity index (χ1v) is 10.3. The second-order valence-electron chi connectivity index (χ2n) is 6.47. The van der Waals surface area contributed by atoms with E-state index in [0.29, 0.717) is 25.2 Å². The number of carbonyl (C=O) groups excluding carboxylic acids is 1. The summed E-state index contributed by atoms with van der Waals surface area (Å²) >= 11 is 0. The molecule has 0 spiro atoms. The van der Waals surface area contributed by atoms with Crippen LogP contribution in [0, 0.1) is 0 Å². The highest BCUT2D eigenvalue weighted by Crippen LogP contribution is 2.26. The van der Waals surface area contributed by atoms with E-state index in [1.807, 2.05) is 4.90 Å². The average molecular weight is 448 g/mol. The van der Waals surface area contributed by atoms with Gasteiger partial charge >= 0.3 is 12.3 Å². The average Bonchev–Trinajstić information content (AvgIpc) is 3.15. The van der Waals surface area contributed by atoms with Crippen molar-refractivity contribution in [2.45, 2.75) is 17.8 Å². The molecule has 3 rings (SSSR count). The minimum atomic E-state index is -4.85. The number of alkyl halides is 3. The molecule has 1 aromatic heterocycles. The molecule has 0 radical (unpaired) electrons. The van der Waals surface area contributed by atoms with Gasteiger partial charge in [0.15, 0.2) is 0 Å². The summed E-state index contributed by atoms with van der Waals surface area (Å²) in [4.78, 5) is 13.5. The SMILES string of the molecule is COC(=O)c1occc1CN1CCN(S(=O)(=O)c2ccc(OC(F)(F)F)cc2)CC1. The zero-order chi connectivity index (χ0) is 21.9. The summed E-state index contributed by atoms with van der Waals surface area (Å²) in [6.07, 6.45) is -3.46. The Morgan fingerprint density at radius 2 is 1.73 bits per heavy atom. The molecule has 164 valence electrons. The fraction of sp³-hybridized carbons (Fsp3) is 0.389. The van der Waals surface area contributed by atoms with Crippen molar-refractivity contribution in [3.05, 3.63) is 47.9 Å². The summed E-state index contributed by atoms with van der Waals surface area (Å²) in [5, 5.41) is 0. The van der Waals surface area contributed by atoms with Gasteiger partial charge in [0.1, 0.15) is 5.75 Å². The van der Waals surface area contributed by atoms with Crippen molar-refractivity contribution >= 4 is 16.0 Å². The van der Waals surface area contributed by atoms with Crippen LogP contribution in [0.1, 0.15) is 16.1 Å². The third kappa shape index (κ3) is 5.12. The maximum Gasteiger partial charge on any atom is 0.573 e. The van der Waals surface area contributed by atoms with Crippen LogP contribution in [0.3, 0.4) is 0 Å². The number of carbonyl (C=O) groups is 1. The van der Waals surface area contributed by atoms with Gasteiger partial charge in [-0.15, -0.1) is 13.2 Å². The van der Waals surface area contributed by atoms with Crippen LogP contribution in [0.2, 0.25) is 0 Å². The molecule has 0 saturated carbocycles. The monoisotopic (exact) mass is 448 g/mol. The minimum Gasteiger partial charge on any atom is -0.463 e. The second kappa shape index (κ2) is 8.66. The number of hydrogen-bond acceptors (Lipinski definition) is 7. The Morgan fingerprint density at radius 3 is 2.30 bits per heavy atom. The van der Waals surface area contributed by atoms with E-state index in [0.717, 1.165) is 24.3 Å². The van der Waals surface area contributed by atoms with Gasteiger partial charge in [-0.1, -0.05) is 0 Å². The van der Waals surface area contributed by atoms with Crippen LogP contribution in [-0.4, -0.2) is 63.2 Å². The molecule has 0 bridgehead atoms. The maximum absolute atomic E-state index is 12.8. The van der Waals surface area contributed by atoms with E-state index in [1.54, 1.807) is 6.07 Å². The lowest BCUT2D eigenvalue weighted by atomic mass is 10.2. The number of benzene rings is 1. The van der Waals surface area contributed by atoms with Crippen LogP contribution in [0.4, 0.5) is 13.2 Å². The molecule has 1 aromatic carbocycles. The summed E-state index contributed by atoms with van der Waals surface area (Å²) in [5.41, 5.74) is 0.637. The first-order valence-electron chi connectivity index (χ1n) is 8.83. The predicted molar refractivity (Wildman–Crippen MR) is 97.2 cm³/mol. The number of furan rings is 1. The molecule has 1 saturated heterocycles. The van der Waals surface area contributed by atoms with E-state index in [-0.39, 0.29) is 23.7 Å². The zero-order valence-corrected chi connectivity index (χ0v) is 16.7. The molecule has 30 heavy (non-hydrogen) atoms. The van der Waals surface area contributed by atoms with Gasteiger partial charge in [-0.2, -0.15) is 4.31 Å². The Bertz CT molecular complexity index is 980. The Hall–Kier alpha value is -2.57. The Kier molecular flexibility index (Phi) is 6.38. The number of rotatable bonds is 6. The minimum absolute atomic E-state index is 0.105. The summed E-state index contributed by atoms with van der Waals surface area (Å²) in [6.45, 7) is 1.57. The van der Waals surface area contributed by atoms with Crippen molar-refractivity contribution in [1.82, 2.24) is 9.21 Å². The van der Waals surface area contributed by atoms with Crippen molar-refractivity contribution in [2.75, 3.05) is 33.3 Å². The highest BCUT2D eigenvalue weighted by molar-refractivity contribution is 7.89. The zero-order valence-electron chi connectivity index (χ0n) is 15.9. The highest BCUT2D eigenvalue weighted by atomic mass is 32.2. The third-order valence-electron chi connectivity index (χ3n) is 4.54. The molecule has 12 heteroatoms. The topological polar surface area (TPSA) is 89.3 Å². The molecule has 0 atom stereocenters. The van der Waals surface area contributed by atoms with Crippen molar-refractivity contribution in [1.29, 1.82) is 0 Å². The van der Waals surface area contributed by atoms with Gasteiger partial charge in [-0.05, 0) is 30.3 Å². The quantitative estimate of drug-likeness (QED) is 0.628. The fourth-order valence-electron chi connectivity index (χ4n) is 3.06. The number of halogens is 3. The van der Waals surface area contributed by atoms with Gasteiger partial charge in [-0.3, -0.25) is 4.90 Å². The van der Waals surface area contributed by atoms with Crippen molar-refractivity contribution in [2.24, 2.45) is 0 Å². The highest BCUT2D eigenvalue weighted by Gasteiger charge is 2.32. The van der Waals surface area contributed by atoms with Crippen LogP contribution in [0.5, 0.6) is 5.75 Å². The summed E-state index contributed by atoms with van der Waals surface area (Å²) in [6, 6.07) is 5.74. The number of methoxy groups -OCH3 is 1. The largest absolute Gasteiger partial charge is 0.573 e. The van der Waals surface area contributed by atoms with Gasteiger partial charge in [0.2, 0.25) is 15.8 Å². The maximum atomic E-state index is 12.8. The van der Waals surface area contributed by atoms with Gasteiger partial charge in [0, 0.05) is 38.3 Å². The molecule has 1 fully saturated rings. The van der Waals surface area contributed by atoms with E-state index < -0.39 is 28.1 Å². The first-order chi connectivity index (χ1) is 14.1. The van der Waals surface area contributed by atoms with E-state index >= 15 is 0 Å². The third-order valence-corrected chi connectivity index (χ3v) is 6.45. The predicted octanol–water partition coefficient (Wildman–Crippen LogP) is 2.47. The molecule has 8 nitrogen and oxygen atoms in total. The molecule has 0 aliphatic carbocycles. The number of hydrogen-bond donors (Lipinski definition) is 0. The molecule has 2 heterocycles. The van der Waals surface area contributed by atoms with Gasteiger partial charge in [0.25, 0.3) is 0 Å².